The molecular formula is C15H13N5S. The van der Waals surface area contributed by atoms with Crippen molar-refractivity contribution in [3.05, 3.63) is 40.0 Å². The lowest BCUT2D eigenvalue weighted by molar-refractivity contribution is 1.28. The molecule has 0 radical (unpaired) electrons. The molecular weight excluding hydrogens is 282 g/mol. The lowest BCUT2D eigenvalue weighted by Crippen LogP contribution is -1.99. The quantitative estimate of drug-likeness (QED) is 0.759. The van der Waals surface area contributed by atoms with E-state index in [0.717, 1.165) is 22.5 Å². The van der Waals surface area contributed by atoms with Gasteiger partial charge in [0.2, 0.25) is 0 Å². The minimum Gasteiger partial charge on any atom is -0.383 e. The number of aryl methyl sites for hydroxylation is 2. The van der Waals surface area contributed by atoms with Crippen molar-refractivity contribution in [3.8, 4) is 28.6 Å². The first-order valence-corrected chi connectivity index (χ1v) is 7.18. The second kappa shape index (κ2) is 5.04. The molecule has 5 nitrogen and oxygen atoms in total. The number of pyridine rings is 1. The van der Waals surface area contributed by atoms with Gasteiger partial charge in [-0.1, -0.05) is 0 Å². The molecule has 3 aromatic heterocycles. The van der Waals surface area contributed by atoms with Crippen LogP contribution in [0.3, 0.4) is 0 Å². The zero-order chi connectivity index (χ0) is 15.0. The highest BCUT2D eigenvalue weighted by atomic mass is 32.1. The Bertz CT molecular complexity index is 840. The number of imidazole rings is 1. The number of nitrogens with two attached hydrogens (primary N) is 1. The van der Waals surface area contributed by atoms with Crippen LogP contribution in [-0.2, 0) is 0 Å². The van der Waals surface area contributed by atoms with Gasteiger partial charge in [0.25, 0.3) is 0 Å². The van der Waals surface area contributed by atoms with Gasteiger partial charge in [-0.15, -0.1) is 11.3 Å². The number of aromatic nitrogens is 3. The molecule has 0 aliphatic rings. The first-order valence-electron chi connectivity index (χ1n) is 6.37. The molecule has 21 heavy (non-hydrogen) atoms. The Balaban J connectivity index is 2.26. The molecule has 3 aromatic rings. The van der Waals surface area contributed by atoms with Gasteiger partial charge in [-0.25, -0.2) is 9.97 Å². The molecule has 104 valence electrons. The maximum Gasteiger partial charge on any atom is 0.142 e. The van der Waals surface area contributed by atoms with Crippen LogP contribution in [0.2, 0.25) is 0 Å². The fourth-order valence-electron chi connectivity index (χ4n) is 2.32. The molecule has 3 heterocycles. The van der Waals surface area contributed by atoms with Crippen LogP contribution in [0.25, 0.3) is 22.5 Å². The predicted molar refractivity (Wildman–Crippen MR) is 83.7 cm³/mol. The largest absolute Gasteiger partial charge is 0.383 e. The molecule has 0 saturated carbocycles. The number of nitrogens with one attached hydrogen (secondary N) is 1. The standard InChI is InChI=1S/C15H13N5S/c1-8-3-10(9(2)21-8)13-4-11(14-6-18-7-19-14)12(5-16)15(17)20-13/h3-4,6-7H,1-2H3,(H2,17,20)(H,18,19). The van der Waals surface area contributed by atoms with Gasteiger partial charge in [0.05, 0.1) is 23.9 Å². The van der Waals surface area contributed by atoms with Crippen LogP contribution in [0, 0.1) is 25.2 Å². The van der Waals surface area contributed by atoms with Gasteiger partial charge in [0.1, 0.15) is 17.5 Å². The van der Waals surface area contributed by atoms with Crippen molar-refractivity contribution >= 4 is 17.2 Å². The number of hydrogen-bond donors (Lipinski definition) is 2. The third-order valence-electron chi connectivity index (χ3n) is 3.26. The number of nitrogens with zero attached hydrogens (tertiary/aromatic N) is 3. The van der Waals surface area contributed by atoms with Crippen molar-refractivity contribution in [2.24, 2.45) is 0 Å². The lowest BCUT2D eigenvalue weighted by Gasteiger charge is -2.08. The highest BCUT2D eigenvalue weighted by Gasteiger charge is 2.16. The maximum absolute atomic E-state index is 9.32. The molecule has 0 saturated heterocycles. The Morgan fingerprint density at radius 2 is 2.10 bits per heavy atom. The number of anilines is 1. The second-order valence-electron chi connectivity index (χ2n) is 4.72. The van der Waals surface area contributed by atoms with Crippen molar-refractivity contribution in [3.63, 3.8) is 0 Å². The number of aromatic amines is 1. The van der Waals surface area contributed by atoms with Gasteiger partial charge in [0.15, 0.2) is 0 Å². The number of H-pyrrole nitrogens is 1. The summed E-state index contributed by atoms with van der Waals surface area (Å²) >= 11 is 1.72. The molecule has 0 spiro atoms. The highest BCUT2D eigenvalue weighted by molar-refractivity contribution is 7.12. The van der Waals surface area contributed by atoms with Crippen LogP contribution in [-0.4, -0.2) is 15.0 Å². The van der Waals surface area contributed by atoms with Crippen LogP contribution < -0.4 is 5.73 Å². The molecule has 0 aliphatic heterocycles. The first kappa shape index (κ1) is 13.3. The van der Waals surface area contributed by atoms with Crippen molar-refractivity contribution in [2.45, 2.75) is 13.8 Å². The van der Waals surface area contributed by atoms with E-state index in [-0.39, 0.29) is 5.82 Å². The Morgan fingerprint density at radius 3 is 2.67 bits per heavy atom. The Kier molecular flexibility index (Phi) is 3.20. The summed E-state index contributed by atoms with van der Waals surface area (Å²) in [6.45, 7) is 4.11. The third kappa shape index (κ3) is 2.28. The van der Waals surface area contributed by atoms with E-state index in [1.807, 2.05) is 6.07 Å². The van der Waals surface area contributed by atoms with E-state index in [4.69, 9.17) is 5.73 Å². The topological polar surface area (TPSA) is 91.4 Å². The Labute approximate surface area is 126 Å². The minimum absolute atomic E-state index is 0.239. The number of nitrogen functional groups attached to an aromatic ring is 1. The van der Waals surface area contributed by atoms with Crippen LogP contribution in [0.15, 0.2) is 24.7 Å². The molecule has 3 N–H and O–H groups in total. The van der Waals surface area contributed by atoms with Crippen LogP contribution >= 0.6 is 11.3 Å². The van der Waals surface area contributed by atoms with Gasteiger partial charge < -0.3 is 10.7 Å². The van der Waals surface area contributed by atoms with E-state index in [2.05, 4.69) is 40.9 Å². The van der Waals surface area contributed by atoms with Gasteiger partial charge in [-0.3, -0.25) is 0 Å². The molecule has 0 aromatic carbocycles. The lowest BCUT2D eigenvalue weighted by atomic mass is 10.0. The van der Waals surface area contributed by atoms with Gasteiger partial charge in [-0.05, 0) is 26.0 Å². The van der Waals surface area contributed by atoms with Gasteiger partial charge in [-0.2, -0.15) is 5.26 Å². The van der Waals surface area contributed by atoms with Crippen LogP contribution in [0.1, 0.15) is 15.3 Å². The maximum atomic E-state index is 9.32. The molecule has 0 atom stereocenters. The van der Waals surface area contributed by atoms with Crippen LogP contribution in [0.5, 0.6) is 0 Å². The van der Waals surface area contributed by atoms with E-state index < -0.39 is 0 Å². The molecule has 6 heteroatoms. The number of rotatable bonds is 2. The first-order chi connectivity index (χ1) is 10.1. The summed E-state index contributed by atoms with van der Waals surface area (Å²) in [7, 11) is 0. The number of nitriles is 1. The monoisotopic (exact) mass is 295 g/mol. The number of hydrogen-bond acceptors (Lipinski definition) is 5. The summed E-state index contributed by atoms with van der Waals surface area (Å²) < 4.78 is 0. The zero-order valence-corrected chi connectivity index (χ0v) is 12.5. The smallest absolute Gasteiger partial charge is 0.142 e. The Morgan fingerprint density at radius 1 is 1.29 bits per heavy atom. The molecule has 3 rings (SSSR count). The van der Waals surface area contributed by atoms with Crippen molar-refractivity contribution in [2.75, 3.05) is 5.73 Å². The van der Waals surface area contributed by atoms with E-state index in [0.29, 0.717) is 5.56 Å². The van der Waals surface area contributed by atoms with E-state index >= 15 is 0 Å². The van der Waals surface area contributed by atoms with E-state index in [1.54, 1.807) is 23.9 Å². The second-order valence-corrected chi connectivity index (χ2v) is 6.18. The molecule has 0 fully saturated rings. The summed E-state index contributed by atoms with van der Waals surface area (Å²) in [5.41, 5.74) is 9.64. The zero-order valence-electron chi connectivity index (χ0n) is 11.6. The minimum atomic E-state index is 0.239. The van der Waals surface area contributed by atoms with E-state index in [9.17, 15) is 5.26 Å². The molecule has 0 bridgehead atoms. The van der Waals surface area contributed by atoms with E-state index in [1.165, 1.54) is 9.75 Å². The average molecular weight is 295 g/mol. The highest BCUT2D eigenvalue weighted by Crippen LogP contribution is 2.34. The van der Waals surface area contributed by atoms with Crippen LogP contribution in [0.4, 0.5) is 5.82 Å². The SMILES string of the molecule is Cc1cc(-c2cc(-c3cnc[nH]3)c(C#N)c(N)n2)c(C)s1. The van der Waals surface area contributed by atoms with Gasteiger partial charge in [0, 0.05) is 20.9 Å². The van der Waals surface area contributed by atoms with Crippen molar-refractivity contribution in [1.82, 2.24) is 15.0 Å². The predicted octanol–water partition coefficient (Wildman–Crippen LogP) is 3.27. The molecule has 0 unspecified atom stereocenters. The van der Waals surface area contributed by atoms with Crippen molar-refractivity contribution in [1.29, 1.82) is 5.26 Å². The fourth-order valence-corrected chi connectivity index (χ4v) is 3.25. The fraction of sp³-hybridized carbons (Fsp3) is 0.133. The Hall–Kier alpha value is -2.65. The summed E-state index contributed by atoms with van der Waals surface area (Å²) in [4.78, 5) is 13.8. The molecule has 0 amide bonds. The normalized spacial score (nSPS) is 10.5. The average Bonchev–Trinajstić information content (AvgIpc) is 3.07. The summed E-state index contributed by atoms with van der Waals surface area (Å²) in [5, 5.41) is 9.32. The summed E-state index contributed by atoms with van der Waals surface area (Å²) in [5.74, 6) is 0.239. The summed E-state index contributed by atoms with van der Waals surface area (Å²) in [6.07, 6.45) is 3.25. The number of thiophene rings is 1. The van der Waals surface area contributed by atoms with Gasteiger partial charge >= 0.3 is 0 Å². The summed E-state index contributed by atoms with van der Waals surface area (Å²) in [6, 6.07) is 6.09. The molecule has 0 aliphatic carbocycles. The van der Waals surface area contributed by atoms with Crippen molar-refractivity contribution < 1.29 is 0 Å². The third-order valence-corrected chi connectivity index (χ3v) is 4.23.